The third kappa shape index (κ3) is 4.66. The van der Waals surface area contributed by atoms with Gasteiger partial charge in [-0.3, -0.25) is 9.59 Å². The Morgan fingerprint density at radius 2 is 1.71 bits per heavy atom. The van der Waals surface area contributed by atoms with Gasteiger partial charge < -0.3 is 10.2 Å². The quantitative estimate of drug-likeness (QED) is 0.702. The molecule has 1 N–H and O–H groups in total. The van der Waals surface area contributed by atoms with E-state index in [1.54, 1.807) is 6.20 Å². The van der Waals surface area contributed by atoms with E-state index in [0.29, 0.717) is 37.3 Å². The fourth-order valence-corrected chi connectivity index (χ4v) is 3.93. The van der Waals surface area contributed by atoms with Crippen LogP contribution < -0.4 is 5.32 Å². The lowest BCUT2D eigenvalue weighted by molar-refractivity contribution is -0.121. The van der Waals surface area contributed by atoms with Gasteiger partial charge in [-0.1, -0.05) is 6.07 Å². The molecule has 1 aliphatic rings. The van der Waals surface area contributed by atoms with Crippen LogP contribution in [0.4, 0.5) is 5.82 Å². The molecule has 0 saturated carbocycles. The molecule has 0 spiro atoms. The van der Waals surface area contributed by atoms with Crippen molar-refractivity contribution in [3.8, 4) is 5.69 Å². The SMILES string of the molecule is Cc1ccc(NC(=O)C2CCN(C(=O)c3ccc(-n4nc(C)cc4C)cc3)CC2)nc1. The fraction of sp³-hybridized carbons (Fsp3) is 0.333. The summed E-state index contributed by atoms with van der Waals surface area (Å²) in [6.45, 7) is 7.06. The zero-order valence-electron chi connectivity index (χ0n) is 18.1. The highest BCUT2D eigenvalue weighted by atomic mass is 16.2. The van der Waals surface area contributed by atoms with Gasteiger partial charge in [0.1, 0.15) is 5.82 Å². The maximum atomic E-state index is 12.9. The molecule has 2 amide bonds. The number of pyridine rings is 1. The Morgan fingerprint density at radius 1 is 1.00 bits per heavy atom. The molecule has 1 fully saturated rings. The molecule has 2 aromatic heterocycles. The van der Waals surface area contributed by atoms with E-state index >= 15 is 0 Å². The number of hydrogen-bond donors (Lipinski definition) is 1. The first kappa shape index (κ1) is 20.8. The van der Waals surface area contributed by atoms with Crippen LogP contribution in [-0.4, -0.2) is 44.6 Å². The second-order valence-electron chi connectivity index (χ2n) is 8.16. The Bertz CT molecular complexity index is 1080. The summed E-state index contributed by atoms with van der Waals surface area (Å²) in [5, 5.41) is 7.36. The first-order valence-corrected chi connectivity index (χ1v) is 10.6. The summed E-state index contributed by atoms with van der Waals surface area (Å²) in [6.07, 6.45) is 3.03. The van der Waals surface area contributed by atoms with Crippen LogP contribution in [0.25, 0.3) is 5.69 Å². The Hall–Kier alpha value is -3.48. The van der Waals surface area contributed by atoms with Gasteiger partial charge in [0, 0.05) is 36.5 Å². The number of nitrogens with one attached hydrogen (secondary N) is 1. The van der Waals surface area contributed by atoms with Crippen LogP contribution in [0.1, 0.15) is 40.2 Å². The summed E-state index contributed by atoms with van der Waals surface area (Å²) in [6, 6.07) is 13.3. The van der Waals surface area contributed by atoms with Gasteiger partial charge in [-0.25, -0.2) is 9.67 Å². The van der Waals surface area contributed by atoms with Crippen molar-refractivity contribution >= 4 is 17.6 Å². The Morgan fingerprint density at radius 3 is 2.29 bits per heavy atom. The van der Waals surface area contributed by atoms with Crippen LogP contribution in [0.2, 0.25) is 0 Å². The first-order valence-electron chi connectivity index (χ1n) is 10.6. The van der Waals surface area contributed by atoms with E-state index in [2.05, 4.69) is 15.4 Å². The second kappa shape index (κ2) is 8.71. The van der Waals surface area contributed by atoms with Crippen molar-refractivity contribution in [1.82, 2.24) is 19.7 Å². The average molecular weight is 418 g/mol. The number of likely N-dealkylation sites (tertiary alicyclic amines) is 1. The second-order valence-corrected chi connectivity index (χ2v) is 8.16. The molecule has 7 heteroatoms. The zero-order chi connectivity index (χ0) is 22.0. The summed E-state index contributed by atoms with van der Waals surface area (Å²) < 4.78 is 1.87. The number of piperidine rings is 1. The van der Waals surface area contributed by atoms with Gasteiger partial charge in [-0.15, -0.1) is 0 Å². The summed E-state index contributed by atoms with van der Waals surface area (Å²) in [7, 11) is 0. The van der Waals surface area contributed by atoms with Crippen molar-refractivity contribution in [2.45, 2.75) is 33.6 Å². The number of amides is 2. The highest BCUT2D eigenvalue weighted by Crippen LogP contribution is 2.21. The predicted octanol–water partition coefficient (Wildman–Crippen LogP) is 3.68. The number of nitrogens with zero attached hydrogens (tertiary/aromatic N) is 4. The van der Waals surface area contributed by atoms with E-state index in [9.17, 15) is 9.59 Å². The molecule has 1 aromatic carbocycles. The zero-order valence-corrected chi connectivity index (χ0v) is 18.1. The molecule has 4 rings (SSSR count). The molecule has 1 aliphatic heterocycles. The van der Waals surface area contributed by atoms with Gasteiger partial charge in [0.05, 0.1) is 11.4 Å². The van der Waals surface area contributed by atoms with Crippen LogP contribution >= 0.6 is 0 Å². The van der Waals surface area contributed by atoms with Gasteiger partial charge in [-0.05, 0) is 75.6 Å². The van der Waals surface area contributed by atoms with Crippen LogP contribution in [0.15, 0.2) is 48.7 Å². The van der Waals surface area contributed by atoms with Crippen molar-refractivity contribution in [3.05, 3.63) is 71.2 Å². The minimum atomic E-state index is -0.111. The minimum Gasteiger partial charge on any atom is -0.339 e. The lowest BCUT2D eigenvalue weighted by Gasteiger charge is -2.31. The highest BCUT2D eigenvalue weighted by molar-refractivity contribution is 5.95. The monoisotopic (exact) mass is 417 g/mol. The Labute approximate surface area is 182 Å². The van der Waals surface area contributed by atoms with E-state index < -0.39 is 0 Å². The molecule has 0 atom stereocenters. The topological polar surface area (TPSA) is 80.1 Å². The molecular weight excluding hydrogens is 390 g/mol. The molecule has 0 aliphatic carbocycles. The van der Waals surface area contributed by atoms with Gasteiger partial charge in [-0.2, -0.15) is 5.10 Å². The van der Waals surface area contributed by atoms with Gasteiger partial charge in [0.15, 0.2) is 0 Å². The molecule has 3 aromatic rings. The molecule has 3 heterocycles. The Kier molecular flexibility index (Phi) is 5.84. The number of hydrogen-bond acceptors (Lipinski definition) is 4. The smallest absolute Gasteiger partial charge is 0.253 e. The summed E-state index contributed by atoms with van der Waals surface area (Å²) in [5.41, 5.74) is 4.65. The van der Waals surface area contributed by atoms with Crippen molar-refractivity contribution in [3.63, 3.8) is 0 Å². The molecule has 1 saturated heterocycles. The normalized spacial score (nSPS) is 14.5. The highest BCUT2D eigenvalue weighted by Gasteiger charge is 2.28. The number of carbonyl (C=O) groups excluding carboxylic acids is 2. The number of benzene rings is 1. The molecule has 0 bridgehead atoms. The van der Waals surface area contributed by atoms with Crippen LogP contribution in [0, 0.1) is 26.7 Å². The maximum Gasteiger partial charge on any atom is 0.253 e. The van der Waals surface area contributed by atoms with Crippen molar-refractivity contribution in [2.75, 3.05) is 18.4 Å². The van der Waals surface area contributed by atoms with E-state index in [4.69, 9.17) is 0 Å². The predicted molar refractivity (Wildman–Crippen MR) is 119 cm³/mol. The fourth-order valence-electron chi connectivity index (χ4n) is 3.93. The molecule has 0 unspecified atom stereocenters. The lowest BCUT2D eigenvalue weighted by atomic mass is 9.95. The number of carbonyl (C=O) groups is 2. The van der Waals surface area contributed by atoms with Crippen LogP contribution in [-0.2, 0) is 4.79 Å². The molecule has 160 valence electrons. The van der Waals surface area contributed by atoms with Crippen molar-refractivity contribution < 1.29 is 9.59 Å². The minimum absolute atomic E-state index is 0.000947. The molecule has 7 nitrogen and oxygen atoms in total. The van der Waals surface area contributed by atoms with Crippen molar-refractivity contribution in [1.29, 1.82) is 0 Å². The Balaban J connectivity index is 1.34. The third-order valence-corrected chi connectivity index (χ3v) is 5.68. The first-order chi connectivity index (χ1) is 14.9. The lowest BCUT2D eigenvalue weighted by Crippen LogP contribution is -2.41. The number of anilines is 1. The largest absolute Gasteiger partial charge is 0.339 e. The average Bonchev–Trinajstić information content (AvgIpc) is 3.13. The van der Waals surface area contributed by atoms with Gasteiger partial charge >= 0.3 is 0 Å². The number of aryl methyl sites for hydroxylation is 3. The standard InChI is InChI=1S/C24H27N5O2/c1-16-4-9-22(25-15-16)26-23(30)19-10-12-28(13-11-19)24(31)20-5-7-21(8-6-20)29-18(3)14-17(2)27-29/h4-9,14-15,19H,10-13H2,1-3H3,(H,25,26,30). The maximum absolute atomic E-state index is 12.9. The summed E-state index contributed by atoms with van der Waals surface area (Å²) in [5.74, 6) is 0.425. The number of rotatable bonds is 4. The number of aromatic nitrogens is 3. The van der Waals surface area contributed by atoms with Crippen LogP contribution in [0.3, 0.4) is 0 Å². The van der Waals surface area contributed by atoms with Gasteiger partial charge in [0.25, 0.3) is 5.91 Å². The van der Waals surface area contributed by atoms with Crippen molar-refractivity contribution in [2.24, 2.45) is 5.92 Å². The van der Waals surface area contributed by atoms with E-state index in [0.717, 1.165) is 22.6 Å². The van der Waals surface area contributed by atoms with E-state index in [1.807, 2.05) is 72.8 Å². The summed E-state index contributed by atoms with van der Waals surface area (Å²) >= 11 is 0. The van der Waals surface area contributed by atoms with Gasteiger partial charge in [0.2, 0.25) is 5.91 Å². The molecule has 31 heavy (non-hydrogen) atoms. The van der Waals surface area contributed by atoms with E-state index in [1.165, 1.54) is 0 Å². The third-order valence-electron chi connectivity index (χ3n) is 5.68. The molecule has 0 radical (unpaired) electrons. The summed E-state index contributed by atoms with van der Waals surface area (Å²) in [4.78, 5) is 31.5. The van der Waals surface area contributed by atoms with E-state index in [-0.39, 0.29) is 17.7 Å². The van der Waals surface area contributed by atoms with Crippen LogP contribution in [0.5, 0.6) is 0 Å². The molecular formula is C24H27N5O2.